The van der Waals surface area contributed by atoms with E-state index in [1.165, 1.54) is 0 Å². The summed E-state index contributed by atoms with van der Waals surface area (Å²) in [5.41, 5.74) is 1.55. The molecule has 1 atom stereocenters. The van der Waals surface area contributed by atoms with E-state index in [-0.39, 0.29) is 6.42 Å². The molecule has 5 nitrogen and oxygen atoms in total. The minimum absolute atomic E-state index is 0.0398. The highest BCUT2D eigenvalue weighted by Gasteiger charge is 2.29. The zero-order valence-corrected chi connectivity index (χ0v) is 17.1. The van der Waals surface area contributed by atoms with Gasteiger partial charge in [-0.05, 0) is 30.2 Å². The highest BCUT2D eigenvalue weighted by molar-refractivity contribution is 6.44. The van der Waals surface area contributed by atoms with Gasteiger partial charge in [-0.3, -0.25) is 0 Å². The van der Waals surface area contributed by atoms with E-state index in [0.29, 0.717) is 27.0 Å². The summed E-state index contributed by atoms with van der Waals surface area (Å²) in [5.74, 6) is -2.46. The average molecular weight is 451 g/mol. The lowest BCUT2D eigenvalue weighted by Crippen LogP contribution is -2.20. The second kappa shape index (κ2) is 10.0. The Morgan fingerprint density at radius 3 is 2.22 bits per heavy atom. The van der Waals surface area contributed by atoms with Gasteiger partial charge in [0, 0.05) is 12.6 Å². The third kappa shape index (κ3) is 6.18. The second-order valence-corrected chi connectivity index (χ2v) is 7.56. The number of nitrogens with one attached hydrogen (secondary N) is 1. The summed E-state index contributed by atoms with van der Waals surface area (Å²) < 4.78 is 0. The van der Waals surface area contributed by atoms with Gasteiger partial charge >= 0.3 is 11.9 Å². The Morgan fingerprint density at radius 1 is 1.00 bits per heavy atom. The fraction of sp³-hybridized carbons (Fsp3) is 0.222. The number of carbonyl (C=O) groups excluding carboxylic acids is 2. The third-order valence-electron chi connectivity index (χ3n) is 3.50. The molecule has 0 spiro atoms. The van der Waals surface area contributed by atoms with E-state index >= 15 is 0 Å². The Bertz CT molecular complexity index is 809. The van der Waals surface area contributed by atoms with E-state index in [0.717, 1.165) is 6.92 Å². The van der Waals surface area contributed by atoms with Gasteiger partial charge < -0.3 is 5.32 Å². The molecule has 0 aliphatic heterocycles. The highest BCUT2D eigenvalue weighted by Crippen LogP contribution is 2.37. The van der Waals surface area contributed by atoms with Crippen LogP contribution in [0.1, 0.15) is 24.8 Å². The van der Waals surface area contributed by atoms with Crippen molar-refractivity contribution >= 4 is 69.7 Å². The van der Waals surface area contributed by atoms with Crippen LogP contribution in [0.15, 0.2) is 42.5 Å². The molecule has 1 N–H and O–H groups in total. The van der Waals surface area contributed by atoms with Gasteiger partial charge in [0.15, 0.2) is 0 Å². The maximum atomic E-state index is 12.4. The minimum Gasteiger partial charge on any atom is -0.353 e. The molecule has 0 aromatic heterocycles. The standard InChI is InChI=1S/C18H15Cl4NO4/c1-10(24)26-27-18(25)12(9-16(21)22)11-5-2-3-8-15(11)23-17-13(19)6-4-7-14(17)20/h2-8,12,16,23H,9H2,1H3. The molecule has 2 aromatic rings. The van der Waals surface area contributed by atoms with Crippen molar-refractivity contribution in [2.75, 3.05) is 5.32 Å². The van der Waals surface area contributed by atoms with Gasteiger partial charge in [-0.25, -0.2) is 19.4 Å². The highest BCUT2D eigenvalue weighted by atomic mass is 35.5. The van der Waals surface area contributed by atoms with Crippen LogP contribution in [-0.4, -0.2) is 16.8 Å². The summed E-state index contributed by atoms with van der Waals surface area (Å²) in [6, 6.07) is 12.0. The predicted octanol–water partition coefficient (Wildman–Crippen LogP) is 6.04. The first kappa shape index (κ1) is 21.6. The first-order valence-corrected chi connectivity index (χ1v) is 9.39. The van der Waals surface area contributed by atoms with Crippen molar-refractivity contribution in [3.05, 3.63) is 58.1 Å². The van der Waals surface area contributed by atoms with Crippen LogP contribution in [0.3, 0.4) is 0 Å². The van der Waals surface area contributed by atoms with Crippen molar-refractivity contribution in [3.63, 3.8) is 0 Å². The van der Waals surface area contributed by atoms with Crippen LogP contribution in [-0.2, 0) is 19.4 Å². The van der Waals surface area contributed by atoms with Crippen molar-refractivity contribution < 1.29 is 19.4 Å². The Hall–Kier alpha value is -1.66. The molecule has 0 saturated carbocycles. The number of rotatable bonds is 6. The van der Waals surface area contributed by atoms with Crippen molar-refractivity contribution in [1.82, 2.24) is 0 Å². The molecule has 0 heterocycles. The molecule has 0 radical (unpaired) electrons. The summed E-state index contributed by atoms with van der Waals surface area (Å²) in [6.45, 7) is 1.11. The number of halogens is 4. The molecule has 27 heavy (non-hydrogen) atoms. The largest absolute Gasteiger partial charge is 0.363 e. The second-order valence-electron chi connectivity index (χ2n) is 5.47. The summed E-state index contributed by atoms with van der Waals surface area (Å²) in [7, 11) is 0. The molecule has 0 aliphatic carbocycles. The summed E-state index contributed by atoms with van der Waals surface area (Å²) in [4.78, 5) is 31.4. The molecule has 0 fully saturated rings. The molecule has 144 valence electrons. The van der Waals surface area contributed by atoms with Crippen molar-refractivity contribution in [2.24, 2.45) is 0 Å². The van der Waals surface area contributed by atoms with Crippen molar-refractivity contribution in [1.29, 1.82) is 0 Å². The van der Waals surface area contributed by atoms with E-state index in [1.807, 2.05) is 0 Å². The van der Waals surface area contributed by atoms with Crippen LogP contribution in [0.2, 0.25) is 10.0 Å². The van der Waals surface area contributed by atoms with Crippen LogP contribution in [0, 0.1) is 0 Å². The van der Waals surface area contributed by atoms with Gasteiger partial charge in [-0.1, -0.05) is 47.5 Å². The zero-order chi connectivity index (χ0) is 20.0. The van der Waals surface area contributed by atoms with Gasteiger partial charge in [0.25, 0.3) is 0 Å². The van der Waals surface area contributed by atoms with Crippen LogP contribution in [0.5, 0.6) is 0 Å². The number of anilines is 2. The van der Waals surface area contributed by atoms with Crippen LogP contribution < -0.4 is 5.32 Å². The monoisotopic (exact) mass is 449 g/mol. The van der Waals surface area contributed by atoms with Crippen LogP contribution >= 0.6 is 46.4 Å². The number of alkyl halides is 2. The Labute approximate surface area is 176 Å². The number of hydrogen-bond donors (Lipinski definition) is 1. The fourth-order valence-corrected chi connectivity index (χ4v) is 3.20. The summed E-state index contributed by atoms with van der Waals surface area (Å²) >= 11 is 24.2. The topological polar surface area (TPSA) is 64.6 Å². The van der Waals surface area contributed by atoms with Crippen LogP contribution in [0.4, 0.5) is 11.4 Å². The minimum atomic E-state index is -0.894. The molecule has 1 unspecified atom stereocenters. The number of benzene rings is 2. The van der Waals surface area contributed by atoms with E-state index in [9.17, 15) is 9.59 Å². The maximum Gasteiger partial charge on any atom is 0.363 e. The Morgan fingerprint density at radius 2 is 1.63 bits per heavy atom. The normalized spacial score (nSPS) is 11.8. The zero-order valence-electron chi connectivity index (χ0n) is 14.0. The number of hydrogen-bond acceptors (Lipinski definition) is 5. The molecule has 2 aromatic carbocycles. The molecular weight excluding hydrogens is 436 g/mol. The molecule has 0 amide bonds. The van der Waals surface area contributed by atoms with E-state index in [2.05, 4.69) is 15.1 Å². The van der Waals surface area contributed by atoms with Crippen molar-refractivity contribution in [3.8, 4) is 0 Å². The maximum absolute atomic E-state index is 12.4. The molecule has 2 rings (SSSR count). The van der Waals surface area contributed by atoms with Gasteiger partial charge in [0.1, 0.15) is 4.84 Å². The van der Waals surface area contributed by atoms with Gasteiger partial charge in [-0.2, -0.15) is 0 Å². The lowest BCUT2D eigenvalue weighted by atomic mass is 9.94. The van der Waals surface area contributed by atoms with E-state index in [4.69, 9.17) is 46.4 Å². The fourth-order valence-electron chi connectivity index (χ4n) is 2.35. The third-order valence-corrected chi connectivity index (χ3v) is 4.48. The van der Waals surface area contributed by atoms with Gasteiger partial charge in [-0.15, -0.1) is 23.2 Å². The molecule has 9 heteroatoms. The van der Waals surface area contributed by atoms with Crippen LogP contribution in [0.25, 0.3) is 0 Å². The Kier molecular flexibility index (Phi) is 8.05. The van der Waals surface area contributed by atoms with E-state index < -0.39 is 22.7 Å². The number of carbonyl (C=O) groups is 2. The van der Waals surface area contributed by atoms with E-state index in [1.54, 1.807) is 42.5 Å². The smallest absolute Gasteiger partial charge is 0.353 e. The summed E-state index contributed by atoms with van der Waals surface area (Å²) in [6.07, 6.45) is 0.0398. The van der Waals surface area contributed by atoms with Gasteiger partial charge in [0.2, 0.25) is 0 Å². The summed E-state index contributed by atoms with van der Waals surface area (Å²) in [5, 5.41) is 3.93. The number of para-hydroxylation sites is 2. The average Bonchev–Trinajstić information content (AvgIpc) is 2.61. The first-order chi connectivity index (χ1) is 12.8. The quantitative estimate of drug-likeness (QED) is 0.330. The van der Waals surface area contributed by atoms with Crippen molar-refractivity contribution in [2.45, 2.75) is 24.1 Å². The molecule has 0 saturated heterocycles. The lowest BCUT2D eigenvalue weighted by molar-refractivity contribution is -0.258. The lowest BCUT2D eigenvalue weighted by Gasteiger charge is -2.20. The first-order valence-electron chi connectivity index (χ1n) is 7.76. The predicted molar refractivity (Wildman–Crippen MR) is 107 cm³/mol. The SMILES string of the molecule is CC(=O)OOC(=O)C(CC(Cl)Cl)c1ccccc1Nc1c(Cl)cccc1Cl. The Balaban J connectivity index is 2.39. The molecule has 0 aliphatic rings. The van der Waals surface area contributed by atoms with Gasteiger partial charge in [0.05, 0.1) is 21.7 Å². The molecule has 0 bridgehead atoms. The molecular formula is C18H15Cl4NO4.